The summed E-state index contributed by atoms with van der Waals surface area (Å²) in [6.45, 7) is 0. The summed E-state index contributed by atoms with van der Waals surface area (Å²) in [5, 5.41) is 8.77. The first-order chi connectivity index (χ1) is 7.66. The lowest BCUT2D eigenvalue weighted by Crippen LogP contribution is -2.27. The van der Waals surface area contributed by atoms with Gasteiger partial charge in [0.1, 0.15) is 5.02 Å². The van der Waals surface area contributed by atoms with Crippen molar-refractivity contribution >= 4 is 29.3 Å². The van der Waals surface area contributed by atoms with Gasteiger partial charge < -0.3 is 5.32 Å². The zero-order chi connectivity index (χ0) is 11.5. The molecule has 1 aromatic heterocycles. The molecule has 0 radical (unpaired) electrons. The van der Waals surface area contributed by atoms with Crippen LogP contribution in [0.25, 0.3) is 0 Å². The molecule has 0 unspecified atom stereocenters. The molecule has 0 saturated heterocycles. The average molecular weight is 260 g/mol. The second kappa shape index (κ2) is 4.88. The molecule has 1 aliphatic rings. The van der Waals surface area contributed by atoms with Crippen molar-refractivity contribution in [2.24, 2.45) is 0 Å². The van der Waals surface area contributed by atoms with Gasteiger partial charge in [-0.1, -0.05) is 11.6 Å². The number of rotatable bonds is 4. The Morgan fingerprint density at radius 2 is 2.44 bits per heavy atom. The van der Waals surface area contributed by atoms with Crippen molar-refractivity contribution in [1.82, 2.24) is 15.5 Å². The Morgan fingerprint density at radius 3 is 3.12 bits per heavy atom. The smallest absolute Gasteiger partial charge is 0.284 e. The molecular weight excluding hydrogens is 250 g/mol. The quantitative estimate of drug-likeness (QED) is 0.784. The van der Waals surface area contributed by atoms with Crippen molar-refractivity contribution in [2.45, 2.75) is 23.8 Å². The minimum absolute atomic E-state index is 0.0381. The van der Waals surface area contributed by atoms with Crippen LogP contribution in [0.3, 0.4) is 0 Å². The number of thioether (sulfide) groups is 1. The molecule has 2 rings (SSSR count). The molecule has 7 heteroatoms. The van der Waals surface area contributed by atoms with Crippen molar-refractivity contribution < 1.29 is 4.79 Å². The molecule has 16 heavy (non-hydrogen) atoms. The van der Waals surface area contributed by atoms with E-state index in [4.69, 9.17) is 11.6 Å². The van der Waals surface area contributed by atoms with E-state index in [0.29, 0.717) is 10.9 Å². The van der Waals surface area contributed by atoms with Crippen LogP contribution >= 0.6 is 23.4 Å². The van der Waals surface area contributed by atoms with E-state index in [0.717, 1.165) is 12.8 Å². The molecule has 0 atom stereocenters. The van der Waals surface area contributed by atoms with Gasteiger partial charge in [-0.15, -0.1) is 11.8 Å². The number of amides is 1. The van der Waals surface area contributed by atoms with Crippen LogP contribution in [0.2, 0.25) is 5.02 Å². The molecule has 1 aromatic rings. The van der Waals surface area contributed by atoms with Gasteiger partial charge in [-0.2, -0.15) is 5.10 Å². The summed E-state index contributed by atoms with van der Waals surface area (Å²) in [4.78, 5) is 23.0. The van der Waals surface area contributed by atoms with Crippen LogP contribution in [0.15, 0.2) is 15.9 Å². The fourth-order valence-corrected chi connectivity index (χ4v) is 2.08. The molecule has 0 bridgehead atoms. The van der Waals surface area contributed by atoms with Crippen LogP contribution in [0.5, 0.6) is 0 Å². The predicted octanol–water partition coefficient (Wildman–Crippen LogP) is 0.794. The maximum absolute atomic E-state index is 11.4. The third-order valence-electron chi connectivity index (χ3n) is 2.06. The SMILES string of the molecule is O=C(CSc1cn[nH]c(=O)c1Cl)NC1CC1. The first-order valence-electron chi connectivity index (χ1n) is 4.82. The van der Waals surface area contributed by atoms with E-state index in [9.17, 15) is 9.59 Å². The average Bonchev–Trinajstić information content (AvgIpc) is 3.04. The highest BCUT2D eigenvalue weighted by Crippen LogP contribution is 2.23. The lowest BCUT2D eigenvalue weighted by Gasteiger charge is -2.03. The Hall–Kier alpha value is -1.01. The van der Waals surface area contributed by atoms with Crippen molar-refractivity contribution in [1.29, 1.82) is 0 Å². The largest absolute Gasteiger partial charge is 0.353 e. The number of hydrogen-bond donors (Lipinski definition) is 2. The summed E-state index contributed by atoms with van der Waals surface area (Å²) in [6, 6.07) is 0.348. The number of hydrogen-bond acceptors (Lipinski definition) is 4. The van der Waals surface area contributed by atoms with Gasteiger partial charge in [-0.3, -0.25) is 9.59 Å². The molecule has 5 nitrogen and oxygen atoms in total. The Bertz CT molecular complexity index is 458. The van der Waals surface area contributed by atoms with Crippen LogP contribution in [-0.2, 0) is 4.79 Å². The normalized spacial score (nSPS) is 14.8. The van der Waals surface area contributed by atoms with Crippen molar-refractivity contribution in [3.05, 3.63) is 21.6 Å². The van der Waals surface area contributed by atoms with Gasteiger partial charge in [0.25, 0.3) is 5.56 Å². The zero-order valence-corrected chi connectivity index (χ0v) is 9.90. The van der Waals surface area contributed by atoms with Crippen LogP contribution < -0.4 is 10.9 Å². The molecule has 86 valence electrons. The molecule has 1 saturated carbocycles. The second-order valence-corrected chi connectivity index (χ2v) is 4.90. The van der Waals surface area contributed by atoms with E-state index in [-0.39, 0.29) is 16.7 Å². The van der Waals surface area contributed by atoms with Gasteiger partial charge >= 0.3 is 0 Å². The number of aromatic amines is 1. The predicted molar refractivity (Wildman–Crippen MR) is 61.8 cm³/mol. The number of carbonyl (C=O) groups is 1. The third kappa shape index (κ3) is 2.99. The summed E-state index contributed by atoms with van der Waals surface area (Å²) < 4.78 is 0. The van der Waals surface area contributed by atoms with Gasteiger partial charge in [-0.25, -0.2) is 5.10 Å². The summed E-state index contributed by atoms with van der Waals surface area (Å²) in [5.41, 5.74) is -0.436. The Labute approximate surface area is 101 Å². The molecule has 1 fully saturated rings. The minimum Gasteiger partial charge on any atom is -0.353 e. The number of H-pyrrole nitrogens is 1. The van der Waals surface area contributed by atoms with E-state index < -0.39 is 5.56 Å². The minimum atomic E-state index is -0.436. The lowest BCUT2D eigenvalue weighted by molar-refractivity contribution is -0.118. The number of halogens is 1. The Morgan fingerprint density at radius 1 is 1.69 bits per heavy atom. The first-order valence-corrected chi connectivity index (χ1v) is 6.18. The van der Waals surface area contributed by atoms with E-state index in [2.05, 4.69) is 15.5 Å². The van der Waals surface area contributed by atoms with E-state index in [1.807, 2.05) is 0 Å². The molecule has 2 N–H and O–H groups in total. The summed E-state index contributed by atoms with van der Waals surface area (Å²) in [7, 11) is 0. The summed E-state index contributed by atoms with van der Waals surface area (Å²) >= 11 is 6.97. The van der Waals surface area contributed by atoms with Gasteiger partial charge in [0.15, 0.2) is 0 Å². The number of aromatic nitrogens is 2. The molecule has 0 aromatic carbocycles. The van der Waals surface area contributed by atoms with Crippen LogP contribution in [0, 0.1) is 0 Å². The molecule has 0 spiro atoms. The van der Waals surface area contributed by atoms with E-state index >= 15 is 0 Å². The first kappa shape index (κ1) is 11.5. The van der Waals surface area contributed by atoms with Gasteiger partial charge in [0, 0.05) is 6.04 Å². The standard InChI is InChI=1S/C9H10ClN3O2S/c10-8-6(3-11-13-9(8)15)16-4-7(14)12-5-1-2-5/h3,5H,1-2,4H2,(H,12,14)(H,13,15). The van der Waals surface area contributed by atoms with E-state index in [1.165, 1.54) is 18.0 Å². The highest BCUT2D eigenvalue weighted by molar-refractivity contribution is 8.00. The summed E-state index contributed by atoms with van der Waals surface area (Å²) in [6.07, 6.45) is 3.56. The van der Waals surface area contributed by atoms with Gasteiger partial charge in [0.05, 0.1) is 16.8 Å². The highest BCUT2D eigenvalue weighted by atomic mass is 35.5. The zero-order valence-electron chi connectivity index (χ0n) is 8.33. The number of carbonyl (C=O) groups excluding carboxylic acids is 1. The van der Waals surface area contributed by atoms with Crippen molar-refractivity contribution in [3.63, 3.8) is 0 Å². The Kier molecular flexibility index (Phi) is 3.50. The Balaban J connectivity index is 1.90. The fraction of sp³-hybridized carbons (Fsp3) is 0.444. The second-order valence-electron chi connectivity index (χ2n) is 3.51. The molecule has 1 amide bonds. The third-order valence-corrected chi connectivity index (χ3v) is 3.58. The molecule has 0 aliphatic heterocycles. The van der Waals surface area contributed by atoms with Crippen LogP contribution in [0.1, 0.15) is 12.8 Å². The molecule has 1 aliphatic carbocycles. The maximum atomic E-state index is 11.4. The maximum Gasteiger partial charge on any atom is 0.284 e. The number of nitrogens with zero attached hydrogens (tertiary/aromatic N) is 1. The number of nitrogens with one attached hydrogen (secondary N) is 2. The fourth-order valence-electron chi connectivity index (χ4n) is 1.11. The van der Waals surface area contributed by atoms with Crippen molar-refractivity contribution in [3.8, 4) is 0 Å². The summed E-state index contributed by atoms with van der Waals surface area (Å²) in [5.74, 6) is 0.213. The molecular formula is C9H10ClN3O2S. The van der Waals surface area contributed by atoms with Crippen molar-refractivity contribution in [2.75, 3.05) is 5.75 Å². The monoisotopic (exact) mass is 259 g/mol. The molecule has 1 heterocycles. The van der Waals surface area contributed by atoms with Crippen LogP contribution in [-0.4, -0.2) is 27.9 Å². The topological polar surface area (TPSA) is 74.8 Å². The van der Waals surface area contributed by atoms with E-state index in [1.54, 1.807) is 0 Å². The highest BCUT2D eigenvalue weighted by Gasteiger charge is 2.23. The lowest BCUT2D eigenvalue weighted by atomic mass is 10.6. The van der Waals surface area contributed by atoms with Gasteiger partial charge in [0.2, 0.25) is 5.91 Å². The van der Waals surface area contributed by atoms with Gasteiger partial charge in [-0.05, 0) is 12.8 Å². The van der Waals surface area contributed by atoms with Crippen LogP contribution in [0.4, 0.5) is 0 Å².